The van der Waals surface area contributed by atoms with E-state index < -0.39 is 11.0 Å². The summed E-state index contributed by atoms with van der Waals surface area (Å²) in [7, 11) is 0. The number of alkyl halides is 4. The van der Waals surface area contributed by atoms with Crippen LogP contribution in [0.25, 0.3) is 0 Å². The Hall–Kier alpha value is -0.160. The number of rotatable bonds is 4. The maximum absolute atomic E-state index is 12.2. The first-order valence-corrected chi connectivity index (χ1v) is 6.81. The lowest BCUT2D eigenvalue weighted by Crippen LogP contribution is -2.24. The molecule has 0 fully saturated rings. The number of hydrogen-bond acceptors (Lipinski definition) is 1. The molecule has 1 aromatic carbocycles. The van der Waals surface area contributed by atoms with Gasteiger partial charge < -0.3 is 0 Å². The molecule has 0 saturated carbocycles. The molecule has 0 amide bonds. The topological polar surface area (TPSA) is 0 Å². The fourth-order valence-corrected chi connectivity index (χ4v) is 2.76. The SMILES string of the molecule is Cc1ccccc1CSCC(Br)C(F)(F)F. The van der Waals surface area contributed by atoms with E-state index in [1.165, 1.54) is 11.8 Å². The van der Waals surface area contributed by atoms with Crippen molar-refractivity contribution in [3.05, 3.63) is 35.4 Å². The van der Waals surface area contributed by atoms with Crippen molar-refractivity contribution in [2.75, 3.05) is 5.75 Å². The molecule has 0 radical (unpaired) electrons. The van der Waals surface area contributed by atoms with E-state index in [9.17, 15) is 13.2 Å². The summed E-state index contributed by atoms with van der Waals surface area (Å²) in [6, 6.07) is 7.73. The van der Waals surface area contributed by atoms with E-state index in [2.05, 4.69) is 15.9 Å². The van der Waals surface area contributed by atoms with Gasteiger partial charge in [0.1, 0.15) is 4.83 Å². The van der Waals surface area contributed by atoms with Crippen LogP contribution in [0.1, 0.15) is 11.1 Å². The Bertz CT molecular complexity index is 338. The average Bonchev–Trinajstić information content (AvgIpc) is 2.19. The van der Waals surface area contributed by atoms with Crippen LogP contribution in [0.3, 0.4) is 0 Å². The van der Waals surface area contributed by atoms with Gasteiger partial charge >= 0.3 is 6.18 Å². The van der Waals surface area contributed by atoms with Crippen molar-refractivity contribution in [3.8, 4) is 0 Å². The second kappa shape index (κ2) is 5.96. The van der Waals surface area contributed by atoms with Gasteiger partial charge in [0.15, 0.2) is 0 Å². The highest BCUT2D eigenvalue weighted by molar-refractivity contribution is 9.09. The highest BCUT2D eigenvalue weighted by atomic mass is 79.9. The Labute approximate surface area is 106 Å². The van der Waals surface area contributed by atoms with Gasteiger partial charge in [-0.15, -0.1) is 0 Å². The van der Waals surface area contributed by atoms with Gasteiger partial charge in [-0.3, -0.25) is 0 Å². The van der Waals surface area contributed by atoms with E-state index in [0.717, 1.165) is 11.1 Å². The Morgan fingerprint density at radius 1 is 1.31 bits per heavy atom. The molecule has 0 aliphatic heterocycles. The van der Waals surface area contributed by atoms with E-state index in [0.29, 0.717) is 5.75 Å². The Kier molecular flexibility index (Phi) is 5.18. The molecule has 90 valence electrons. The maximum Gasteiger partial charge on any atom is 0.402 e. The molecule has 0 heterocycles. The lowest BCUT2D eigenvalue weighted by atomic mass is 10.1. The summed E-state index contributed by atoms with van der Waals surface area (Å²) in [5, 5.41) is 0. The molecule has 16 heavy (non-hydrogen) atoms. The van der Waals surface area contributed by atoms with E-state index in [1.807, 2.05) is 31.2 Å². The van der Waals surface area contributed by atoms with Gasteiger partial charge in [-0.25, -0.2) is 0 Å². The van der Waals surface area contributed by atoms with Crippen molar-refractivity contribution < 1.29 is 13.2 Å². The van der Waals surface area contributed by atoms with Crippen LogP contribution >= 0.6 is 27.7 Å². The highest BCUT2D eigenvalue weighted by Crippen LogP contribution is 2.30. The van der Waals surface area contributed by atoms with E-state index in [4.69, 9.17) is 0 Å². The van der Waals surface area contributed by atoms with Crippen LogP contribution in [0.2, 0.25) is 0 Å². The Morgan fingerprint density at radius 3 is 2.50 bits per heavy atom. The first kappa shape index (κ1) is 13.9. The van der Waals surface area contributed by atoms with Crippen LogP contribution < -0.4 is 0 Å². The molecule has 1 unspecified atom stereocenters. The molecule has 0 aliphatic rings. The predicted octanol–water partition coefficient (Wildman–Crippen LogP) is 4.55. The van der Waals surface area contributed by atoms with Gasteiger partial charge in [0, 0.05) is 11.5 Å². The molecule has 0 aromatic heterocycles. The minimum atomic E-state index is -4.15. The molecule has 1 atom stereocenters. The molecular formula is C11H12BrF3S. The second-order valence-electron chi connectivity index (χ2n) is 3.45. The van der Waals surface area contributed by atoms with Crippen molar-refractivity contribution in [3.63, 3.8) is 0 Å². The van der Waals surface area contributed by atoms with Gasteiger partial charge in [-0.2, -0.15) is 24.9 Å². The Balaban J connectivity index is 2.40. The predicted molar refractivity (Wildman–Crippen MR) is 66.1 cm³/mol. The summed E-state index contributed by atoms with van der Waals surface area (Å²) >= 11 is 3.93. The minimum Gasteiger partial charge on any atom is -0.170 e. The van der Waals surface area contributed by atoms with Gasteiger partial charge in [-0.05, 0) is 18.1 Å². The summed E-state index contributed by atoms with van der Waals surface area (Å²) in [5.41, 5.74) is 2.21. The number of aryl methyl sites for hydroxylation is 1. The zero-order valence-corrected chi connectivity index (χ0v) is 11.1. The monoisotopic (exact) mass is 312 g/mol. The molecule has 0 N–H and O–H groups in total. The average molecular weight is 313 g/mol. The molecule has 1 aromatic rings. The standard InChI is InChI=1S/C11H12BrF3S/c1-8-4-2-3-5-9(8)6-16-7-10(12)11(13,14)15/h2-5,10H,6-7H2,1H3. The van der Waals surface area contributed by atoms with Crippen LogP contribution in [-0.2, 0) is 5.75 Å². The fraction of sp³-hybridized carbons (Fsp3) is 0.455. The smallest absolute Gasteiger partial charge is 0.170 e. The minimum absolute atomic E-state index is 0.0395. The van der Waals surface area contributed by atoms with Crippen molar-refractivity contribution in [2.24, 2.45) is 0 Å². The lowest BCUT2D eigenvalue weighted by Gasteiger charge is -2.13. The quantitative estimate of drug-likeness (QED) is 0.735. The fourth-order valence-electron chi connectivity index (χ4n) is 1.14. The third-order valence-corrected chi connectivity index (χ3v) is 4.49. The number of benzene rings is 1. The highest BCUT2D eigenvalue weighted by Gasteiger charge is 2.37. The number of thioether (sulfide) groups is 1. The first-order valence-electron chi connectivity index (χ1n) is 4.74. The summed E-state index contributed by atoms with van der Waals surface area (Å²) in [5.74, 6) is 0.655. The molecule has 1 rings (SSSR count). The molecule has 0 bridgehead atoms. The van der Waals surface area contributed by atoms with Gasteiger partial charge in [0.25, 0.3) is 0 Å². The summed E-state index contributed by atoms with van der Waals surface area (Å²) in [6.07, 6.45) is -4.15. The van der Waals surface area contributed by atoms with Gasteiger partial charge in [0.2, 0.25) is 0 Å². The van der Waals surface area contributed by atoms with Crippen molar-refractivity contribution >= 4 is 27.7 Å². The third-order valence-electron chi connectivity index (χ3n) is 2.14. The van der Waals surface area contributed by atoms with E-state index in [-0.39, 0.29) is 5.75 Å². The number of halogens is 4. The van der Waals surface area contributed by atoms with Crippen LogP contribution in [0.5, 0.6) is 0 Å². The van der Waals surface area contributed by atoms with Crippen molar-refractivity contribution in [1.82, 2.24) is 0 Å². The molecule has 0 aliphatic carbocycles. The van der Waals surface area contributed by atoms with Crippen molar-refractivity contribution in [2.45, 2.75) is 23.7 Å². The molecule has 0 saturated heterocycles. The van der Waals surface area contributed by atoms with Gasteiger partial charge in [-0.1, -0.05) is 40.2 Å². The summed E-state index contributed by atoms with van der Waals surface area (Å²) in [6.45, 7) is 1.96. The molecular weight excluding hydrogens is 301 g/mol. The largest absolute Gasteiger partial charge is 0.402 e. The normalized spacial score (nSPS) is 13.8. The van der Waals surface area contributed by atoms with Crippen LogP contribution in [0.4, 0.5) is 13.2 Å². The molecule has 0 nitrogen and oxygen atoms in total. The lowest BCUT2D eigenvalue weighted by molar-refractivity contribution is -0.122. The zero-order valence-electron chi connectivity index (χ0n) is 8.72. The third kappa shape index (κ3) is 4.37. The Morgan fingerprint density at radius 2 is 1.94 bits per heavy atom. The zero-order chi connectivity index (χ0) is 12.2. The van der Waals surface area contributed by atoms with Crippen LogP contribution in [0, 0.1) is 6.92 Å². The van der Waals surface area contributed by atoms with Crippen LogP contribution in [0.15, 0.2) is 24.3 Å². The van der Waals surface area contributed by atoms with E-state index >= 15 is 0 Å². The molecule has 0 spiro atoms. The maximum atomic E-state index is 12.2. The van der Waals surface area contributed by atoms with Crippen LogP contribution in [-0.4, -0.2) is 16.8 Å². The van der Waals surface area contributed by atoms with Crippen molar-refractivity contribution in [1.29, 1.82) is 0 Å². The second-order valence-corrected chi connectivity index (χ2v) is 5.59. The number of hydrogen-bond donors (Lipinski definition) is 0. The molecule has 5 heteroatoms. The summed E-state index contributed by atoms with van der Waals surface area (Å²) < 4.78 is 36.6. The van der Waals surface area contributed by atoms with Gasteiger partial charge in [0.05, 0.1) is 0 Å². The van der Waals surface area contributed by atoms with E-state index in [1.54, 1.807) is 0 Å². The summed E-state index contributed by atoms with van der Waals surface area (Å²) in [4.78, 5) is -1.42. The first-order chi connectivity index (χ1) is 7.41.